The molecule has 0 saturated heterocycles. The van der Waals surface area contributed by atoms with Crippen molar-refractivity contribution in [2.45, 2.75) is 6.92 Å². The molecule has 0 aliphatic rings. The van der Waals surface area contributed by atoms with Crippen LogP contribution in [0.5, 0.6) is 5.75 Å². The molecule has 0 unspecified atom stereocenters. The normalized spacial score (nSPS) is 10.1. The molecule has 0 fully saturated rings. The van der Waals surface area contributed by atoms with E-state index < -0.39 is 0 Å². The topological polar surface area (TPSA) is 48.1 Å². The van der Waals surface area contributed by atoms with Crippen molar-refractivity contribution in [3.05, 3.63) is 42.1 Å². The lowest BCUT2D eigenvalue weighted by Crippen LogP contribution is -1.95. The highest BCUT2D eigenvalue weighted by Gasteiger charge is 2.10. The molecule has 2 aromatic rings. The Hall–Kier alpha value is -2.03. The minimum Gasteiger partial charge on any atom is -0.494 e. The van der Waals surface area contributed by atoms with Gasteiger partial charge in [0, 0.05) is 17.4 Å². The molecule has 0 saturated carbocycles. The number of nitrogen functional groups attached to an aromatic ring is 1. The van der Waals surface area contributed by atoms with E-state index in [-0.39, 0.29) is 0 Å². The van der Waals surface area contributed by atoms with Crippen molar-refractivity contribution in [3.63, 3.8) is 0 Å². The standard InChI is InChI=1S/C13H14N2O/c1-9-10(5-3-6-11(9)14)13-12(16-2)7-4-8-15-13/h3-8H,14H2,1-2H3. The highest BCUT2D eigenvalue weighted by molar-refractivity contribution is 5.74. The van der Waals surface area contributed by atoms with Crippen LogP contribution >= 0.6 is 0 Å². The van der Waals surface area contributed by atoms with Crippen molar-refractivity contribution in [3.8, 4) is 17.0 Å². The van der Waals surface area contributed by atoms with E-state index in [1.54, 1.807) is 13.3 Å². The van der Waals surface area contributed by atoms with E-state index >= 15 is 0 Å². The molecule has 82 valence electrons. The molecule has 0 amide bonds. The third-order valence-corrected chi connectivity index (χ3v) is 2.62. The quantitative estimate of drug-likeness (QED) is 0.782. The van der Waals surface area contributed by atoms with Crippen LogP contribution in [0.2, 0.25) is 0 Å². The van der Waals surface area contributed by atoms with Crippen LogP contribution in [0.3, 0.4) is 0 Å². The lowest BCUT2D eigenvalue weighted by molar-refractivity contribution is 0.415. The van der Waals surface area contributed by atoms with Crippen LogP contribution in [-0.2, 0) is 0 Å². The van der Waals surface area contributed by atoms with Crippen molar-refractivity contribution in [1.82, 2.24) is 4.98 Å². The number of rotatable bonds is 2. The Morgan fingerprint density at radius 3 is 2.75 bits per heavy atom. The average Bonchev–Trinajstić information content (AvgIpc) is 2.33. The van der Waals surface area contributed by atoms with Crippen molar-refractivity contribution < 1.29 is 4.74 Å². The molecule has 1 aromatic heterocycles. The largest absolute Gasteiger partial charge is 0.494 e. The van der Waals surface area contributed by atoms with Gasteiger partial charge in [0.25, 0.3) is 0 Å². The molecule has 2 N–H and O–H groups in total. The number of nitrogens with two attached hydrogens (primary N) is 1. The molecular formula is C13H14N2O. The Morgan fingerprint density at radius 2 is 2.00 bits per heavy atom. The first-order valence-electron chi connectivity index (χ1n) is 5.08. The Labute approximate surface area is 94.9 Å². The second-order valence-electron chi connectivity index (χ2n) is 3.57. The Morgan fingerprint density at radius 1 is 1.19 bits per heavy atom. The van der Waals surface area contributed by atoms with Crippen LogP contribution in [0.15, 0.2) is 36.5 Å². The predicted octanol–water partition coefficient (Wildman–Crippen LogP) is 2.65. The van der Waals surface area contributed by atoms with Crippen LogP contribution in [0.25, 0.3) is 11.3 Å². The summed E-state index contributed by atoms with van der Waals surface area (Å²) >= 11 is 0. The van der Waals surface area contributed by atoms with Gasteiger partial charge in [0.2, 0.25) is 0 Å². The van der Waals surface area contributed by atoms with Gasteiger partial charge in [0.05, 0.1) is 7.11 Å². The Balaban J connectivity index is 2.63. The van der Waals surface area contributed by atoms with Gasteiger partial charge in [-0.2, -0.15) is 0 Å². The number of hydrogen-bond donors (Lipinski definition) is 1. The lowest BCUT2D eigenvalue weighted by atomic mass is 10.0. The van der Waals surface area contributed by atoms with E-state index in [0.29, 0.717) is 0 Å². The maximum absolute atomic E-state index is 5.88. The maximum Gasteiger partial charge on any atom is 0.145 e. The average molecular weight is 214 g/mol. The van der Waals surface area contributed by atoms with Crippen molar-refractivity contribution in [1.29, 1.82) is 0 Å². The third-order valence-electron chi connectivity index (χ3n) is 2.62. The summed E-state index contributed by atoms with van der Waals surface area (Å²) in [5.74, 6) is 0.760. The highest BCUT2D eigenvalue weighted by Crippen LogP contribution is 2.31. The fourth-order valence-electron chi connectivity index (χ4n) is 1.67. The van der Waals surface area contributed by atoms with Gasteiger partial charge in [-0.1, -0.05) is 12.1 Å². The van der Waals surface area contributed by atoms with Crippen LogP contribution in [0, 0.1) is 6.92 Å². The van der Waals surface area contributed by atoms with Gasteiger partial charge in [-0.15, -0.1) is 0 Å². The lowest BCUT2D eigenvalue weighted by Gasteiger charge is -2.10. The summed E-state index contributed by atoms with van der Waals surface area (Å²) < 4.78 is 5.29. The fourth-order valence-corrected chi connectivity index (χ4v) is 1.67. The van der Waals surface area contributed by atoms with Crippen LogP contribution in [0.4, 0.5) is 5.69 Å². The Bertz CT molecular complexity index is 509. The van der Waals surface area contributed by atoms with E-state index in [0.717, 1.165) is 28.3 Å². The maximum atomic E-state index is 5.88. The minimum atomic E-state index is 0.760. The molecule has 1 heterocycles. The monoisotopic (exact) mass is 214 g/mol. The van der Waals surface area contributed by atoms with Gasteiger partial charge in [0.15, 0.2) is 0 Å². The summed E-state index contributed by atoms with van der Waals surface area (Å²) in [7, 11) is 1.64. The summed E-state index contributed by atoms with van der Waals surface area (Å²) in [5, 5.41) is 0. The van der Waals surface area contributed by atoms with Gasteiger partial charge in [-0.3, -0.25) is 4.98 Å². The second kappa shape index (κ2) is 4.23. The van der Waals surface area contributed by atoms with E-state index in [2.05, 4.69) is 4.98 Å². The number of aromatic nitrogens is 1. The zero-order valence-corrected chi connectivity index (χ0v) is 9.40. The number of pyridine rings is 1. The second-order valence-corrected chi connectivity index (χ2v) is 3.57. The first-order chi connectivity index (χ1) is 7.74. The molecule has 0 aliphatic carbocycles. The zero-order valence-electron chi connectivity index (χ0n) is 9.40. The molecule has 3 heteroatoms. The molecule has 16 heavy (non-hydrogen) atoms. The summed E-state index contributed by atoms with van der Waals surface area (Å²) in [6, 6.07) is 9.55. The number of hydrogen-bond acceptors (Lipinski definition) is 3. The number of benzene rings is 1. The number of anilines is 1. The zero-order chi connectivity index (χ0) is 11.5. The number of ether oxygens (including phenoxy) is 1. The molecule has 0 radical (unpaired) electrons. The van der Waals surface area contributed by atoms with Crippen LogP contribution in [0.1, 0.15) is 5.56 Å². The van der Waals surface area contributed by atoms with Gasteiger partial charge in [0.1, 0.15) is 11.4 Å². The van der Waals surface area contributed by atoms with E-state index in [1.165, 1.54) is 0 Å². The first kappa shape index (κ1) is 10.5. The molecule has 0 atom stereocenters. The van der Waals surface area contributed by atoms with Crippen molar-refractivity contribution in [2.24, 2.45) is 0 Å². The first-order valence-corrected chi connectivity index (χ1v) is 5.08. The molecule has 0 spiro atoms. The third kappa shape index (κ3) is 1.72. The van der Waals surface area contributed by atoms with Crippen LogP contribution in [-0.4, -0.2) is 12.1 Å². The summed E-state index contributed by atoms with van der Waals surface area (Å²) in [4.78, 5) is 4.34. The van der Waals surface area contributed by atoms with E-state index in [4.69, 9.17) is 10.5 Å². The molecular weight excluding hydrogens is 200 g/mol. The van der Waals surface area contributed by atoms with Gasteiger partial charge >= 0.3 is 0 Å². The summed E-state index contributed by atoms with van der Waals surface area (Å²) in [6.45, 7) is 1.98. The SMILES string of the molecule is COc1cccnc1-c1cccc(N)c1C. The van der Waals surface area contributed by atoms with Gasteiger partial charge in [-0.05, 0) is 30.7 Å². The predicted molar refractivity (Wildman–Crippen MR) is 65.4 cm³/mol. The molecule has 0 aliphatic heterocycles. The number of methoxy groups -OCH3 is 1. The summed E-state index contributed by atoms with van der Waals surface area (Å²) in [5.41, 5.74) is 9.52. The number of nitrogens with zero attached hydrogens (tertiary/aromatic N) is 1. The molecule has 2 rings (SSSR count). The molecule has 3 nitrogen and oxygen atoms in total. The van der Waals surface area contributed by atoms with Crippen molar-refractivity contribution in [2.75, 3.05) is 12.8 Å². The van der Waals surface area contributed by atoms with Gasteiger partial charge < -0.3 is 10.5 Å². The van der Waals surface area contributed by atoms with Crippen molar-refractivity contribution >= 4 is 5.69 Å². The van der Waals surface area contributed by atoms with Crippen LogP contribution < -0.4 is 10.5 Å². The molecule has 1 aromatic carbocycles. The smallest absolute Gasteiger partial charge is 0.145 e. The fraction of sp³-hybridized carbons (Fsp3) is 0.154. The van der Waals surface area contributed by atoms with Gasteiger partial charge in [-0.25, -0.2) is 0 Å². The van der Waals surface area contributed by atoms with E-state index in [9.17, 15) is 0 Å². The summed E-state index contributed by atoms with van der Waals surface area (Å²) in [6.07, 6.45) is 1.75. The molecule has 0 bridgehead atoms. The highest BCUT2D eigenvalue weighted by atomic mass is 16.5. The Kier molecular flexibility index (Phi) is 2.77. The minimum absolute atomic E-state index is 0.760. The van der Waals surface area contributed by atoms with E-state index in [1.807, 2.05) is 37.3 Å².